The number of benzene rings is 2. The molecule has 0 bridgehead atoms. The summed E-state index contributed by atoms with van der Waals surface area (Å²) in [5, 5.41) is 45.9. The van der Waals surface area contributed by atoms with Crippen molar-refractivity contribution in [3.8, 4) is 23.0 Å². The number of aryl methyl sites for hydroxylation is 2. The Morgan fingerprint density at radius 3 is 1.50 bits per heavy atom. The minimum Gasteiger partial charge on any atom is -0.508 e. The number of methoxy groups -OCH3 is 1. The molecule has 4 N–H and O–H groups in total. The van der Waals surface area contributed by atoms with Crippen LogP contribution in [0.4, 0.5) is 0 Å². The predicted octanol–water partition coefficient (Wildman–Crippen LogP) is 17.7. The smallest absolute Gasteiger partial charge is 0.123 e. The topological polar surface area (TPSA) is 90.2 Å². The number of phenolic OH excluding ortho intramolecular Hbond substituents is 4. The molecule has 2 aromatic rings. The second-order valence-electron chi connectivity index (χ2n) is 23.6. The highest BCUT2D eigenvalue weighted by Gasteiger charge is 2.60. The summed E-state index contributed by atoms with van der Waals surface area (Å²) in [6.07, 6.45) is 41.1. The summed E-state index contributed by atoms with van der Waals surface area (Å²) < 4.78 is 5.91. The molecule has 0 aromatic heterocycles. The van der Waals surface area contributed by atoms with Crippen LogP contribution in [0, 0.1) is 46.3 Å². The Morgan fingerprint density at radius 1 is 0.530 bits per heavy atom. The van der Waals surface area contributed by atoms with Crippen LogP contribution in [0.5, 0.6) is 23.0 Å². The molecular weight excluding hydrogens is 813 g/mol. The second kappa shape index (κ2) is 26.0. The van der Waals surface area contributed by atoms with Gasteiger partial charge in [-0.25, -0.2) is 0 Å². The molecule has 374 valence electrons. The Hall–Kier alpha value is -2.40. The molecule has 4 saturated carbocycles. The van der Waals surface area contributed by atoms with Gasteiger partial charge in [0.1, 0.15) is 23.0 Å². The molecule has 0 saturated heterocycles. The third kappa shape index (κ3) is 13.3. The summed E-state index contributed by atoms with van der Waals surface area (Å²) in [7, 11) is 1.92. The van der Waals surface area contributed by atoms with Crippen LogP contribution in [0.3, 0.4) is 0 Å². The van der Waals surface area contributed by atoms with Crippen LogP contribution in [0.1, 0.15) is 262 Å². The van der Waals surface area contributed by atoms with Crippen LogP contribution in [-0.2, 0) is 17.6 Å². The zero-order chi connectivity index (χ0) is 47.1. The summed E-state index contributed by atoms with van der Waals surface area (Å²) in [5.74, 6) is 4.81. The predicted molar refractivity (Wildman–Crippen MR) is 277 cm³/mol. The highest BCUT2D eigenvalue weighted by Crippen LogP contribution is 2.68. The van der Waals surface area contributed by atoms with Gasteiger partial charge in [-0.15, -0.1) is 0 Å². The molecule has 9 atom stereocenters. The maximum atomic E-state index is 11.7. The minimum atomic E-state index is -0.246. The highest BCUT2D eigenvalue weighted by atomic mass is 16.5. The van der Waals surface area contributed by atoms with E-state index in [1.807, 2.05) is 7.11 Å². The maximum absolute atomic E-state index is 11.7. The fourth-order valence-electron chi connectivity index (χ4n) is 15.4. The summed E-state index contributed by atoms with van der Waals surface area (Å²) >= 11 is 0. The molecule has 2 unspecified atom stereocenters. The van der Waals surface area contributed by atoms with Crippen molar-refractivity contribution < 1.29 is 25.2 Å². The van der Waals surface area contributed by atoms with Crippen molar-refractivity contribution in [2.45, 2.75) is 259 Å². The number of fused-ring (bicyclic) bond motifs is 5. The van der Waals surface area contributed by atoms with Crippen molar-refractivity contribution in [1.82, 2.24) is 0 Å². The van der Waals surface area contributed by atoms with Gasteiger partial charge in [0.05, 0.1) is 6.10 Å². The zero-order valence-electron chi connectivity index (χ0n) is 43.5. The van der Waals surface area contributed by atoms with E-state index in [0.717, 1.165) is 97.3 Å². The molecule has 4 aliphatic carbocycles. The number of hydrogen-bond donors (Lipinski definition) is 4. The molecule has 2 aromatic carbocycles. The third-order valence-electron chi connectivity index (χ3n) is 19.4. The van der Waals surface area contributed by atoms with Crippen molar-refractivity contribution in [2.24, 2.45) is 46.3 Å². The largest absolute Gasteiger partial charge is 0.508 e. The normalized spacial score (nSPS) is 27.7. The SMILES string of the molecule is CCCCCCCCCCCCc1cc(C(CC[C@@H](C)[C@H]2CC[C@H]3[C@@H]4CCC5CC(OC)CC[C@]5(C)[C@H]4CC[C@]23C)c2cc(CCCCCCCCCCCC)c(O)cc2O)c(O)cc1O. The van der Waals surface area contributed by atoms with Crippen LogP contribution in [-0.4, -0.2) is 33.6 Å². The van der Waals surface area contributed by atoms with Crippen molar-refractivity contribution in [2.75, 3.05) is 7.11 Å². The Kier molecular flexibility index (Phi) is 20.9. The fourth-order valence-corrected chi connectivity index (χ4v) is 15.4. The van der Waals surface area contributed by atoms with Crippen molar-refractivity contribution in [3.05, 3.63) is 46.5 Å². The summed E-state index contributed by atoms with van der Waals surface area (Å²) in [4.78, 5) is 0. The number of rotatable bonds is 29. The van der Waals surface area contributed by atoms with Gasteiger partial charge in [0.2, 0.25) is 0 Å². The maximum Gasteiger partial charge on any atom is 0.123 e. The van der Waals surface area contributed by atoms with Gasteiger partial charge >= 0.3 is 0 Å². The van der Waals surface area contributed by atoms with Gasteiger partial charge in [-0.05, 0) is 166 Å². The van der Waals surface area contributed by atoms with Gasteiger partial charge in [-0.3, -0.25) is 0 Å². The van der Waals surface area contributed by atoms with E-state index in [0.29, 0.717) is 28.8 Å². The van der Waals surface area contributed by atoms with E-state index in [1.165, 1.54) is 161 Å². The average Bonchev–Trinajstić information content (AvgIpc) is 3.66. The molecule has 4 fully saturated rings. The average molecular weight is 913 g/mol. The van der Waals surface area contributed by atoms with E-state index in [2.05, 4.69) is 46.8 Å². The molecular formula is C61H100O5. The highest BCUT2D eigenvalue weighted by molar-refractivity contribution is 5.54. The van der Waals surface area contributed by atoms with E-state index in [4.69, 9.17) is 4.74 Å². The molecule has 6 rings (SSSR count). The standard InChI is InChI=1S/C61H100O5/c1-7-9-11-13-15-17-19-21-23-25-27-45-39-51(58(64)42-56(45)62)49(52-40-46(57(63)43-59(52)65)28-26-24-22-20-18-16-14-12-10-8-2)31-29-44(3)53-33-34-54-50-32-30-47-41-48(66-6)35-37-60(47,4)55(50)36-38-61(53,54)5/h39-40,42-44,47-50,53-55,62-65H,7-38,41H2,1-6H3/t44-,47?,48?,50+,53-,54+,55+,60+,61-/m1/s1. The quantitative estimate of drug-likeness (QED) is 0.0611. The number of hydrogen-bond acceptors (Lipinski definition) is 5. The molecule has 4 aliphatic rings. The minimum absolute atomic E-state index is 0.107. The lowest BCUT2D eigenvalue weighted by Gasteiger charge is -2.61. The number of aromatic hydroxyl groups is 4. The first-order valence-corrected chi connectivity index (χ1v) is 28.6. The first-order valence-electron chi connectivity index (χ1n) is 28.6. The van der Waals surface area contributed by atoms with Crippen molar-refractivity contribution >= 4 is 0 Å². The Morgan fingerprint density at radius 2 is 1.00 bits per heavy atom. The van der Waals surface area contributed by atoms with Crippen LogP contribution in [0.15, 0.2) is 24.3 Å². The summed E-state index contributed by atoms with van der Waals surface area (Å²) in [6, 6.07) is 7.26. The Balaban J connectivity index is 1.15. The van der Waals surface area contributed by atoms with Crippen molar-refractivity contribution in [1.29, 1.82) is 0 Å². The summed E-state index contributed by atoms with van der Waals surface area (Å²) in [5.41, 5.74) is 4.22. The lowest BCUT2D eigenvalue weighted by atomic mass is 9.44. The van der Waals surface area contributed by atoms with Gasteiger partial charge in [-0.1, -0.05) is 150 Å². The van der Waals surface area contributed by atoms with E-state index in [1.54, 1.807) is 12.1 Å². The first-order chi connectivity index (χ1) is 31.9. The van der Waals surface area contributed by atoms with E-state index >= 15 is 0 Å². The molecule has 5 nitrogen and oxygen atoms in total. The molecule has 0 amide bonds. The van der Waals surface area contributed by atoms with Crippen LogP contribution in [0.2, 0.25) is 0 Å². The van der Waals surface area contributed by atoms with Crippen LogP contribution >= 0.6 is 0 Å². The summed E-state index contributed by atoms with van der Waals surface area (Å²) in [6.45, 7) is 12.4. The lowest BCUT2D eigenvalue weighted by Crippen LogP contribution is -2.54. The van der Waals surface area contributed by atoms with Gasteiger partial charge in [-0.2, -0.15) is 0 Å². The molecule has 0 radical (unpaired) electrons. The molecule has 0 heterocycles. The van der Waals surface area contributed by atoms with Gasteiger partial charge in [0.15, 0.2) is 0 Å². The molecule has 0 aliphatic heterocycles. The monoisotopic (exact) mass is 913 g/mol. The number of phenols is 4. The first kappa shape index (κ1) is 53.0. The Labute approximate surface area is 405 Å². The zero-order valence-corrected chi connectivity index (χ0v) is 43.5. The molecule has 5 heteroatoms. The molecule has 0 spiro atoms. The Bertz CT molecular complexity index is 1660. The van der Waals surface area contributed by atoms with Gasteiger partial charge in [0, 0.05) is 36.3 Å². The van der Waals surface area contributed by atoms with Crippen LogP contribution < -0.4 is 0 Å². The van der Waals surface area contributed by atoms with Crippen molar-refractivity contribution in [3.63, 3.8) is 0 Å². The number of ether oxygens (including phenoxy) is 1. The van der Waals surface area contributed by atoms with Crippen LogP contribution in [0.25, 0.3) is 0 Å². The third-order valence-corrected chi connectivity index (χ3v) is 19.4. The van der Waals surface area contributed by atoms with E-state index in [9.17, 15) is 20.4 Å². The van der Waals surface area contributed by atoms with E-state index < -0.39 is 0 Å². The van der Waals surface area contributed by atoms with E-state index in [-0.39, 0.29) is 28.9 Å². The lowest BCUT2D eigenvalue weighted by molar-refractivity contribution is -0.133. The van der Waals surface area contributed by atoms with Gasteiger partial charge in [0.25, 0.3) is 0 Å². The molecule has 66 heavy (non-hydrogen) atoms. The second-order valence-corrected chi connectivity index (χ2v) is 23.6. The van der Waals surface area contributed by atoms with Gasteiger partial charge < -0.3 is 25.2 Å². The fraction of sp³-hybridized carbons (Fsp3) is 0.803. The number of unbranched alkanes of at least 4 members (excludes halogenated alkanes) is 18.